The topological polar surface area (TPSA) is 112 Å². The Morgan fingerprint density at radius 3 is 2.71 bits per heavy atom. The van der Waals surface area contributed by atoms with Gasteiger partial charge >= 0.3 is 0 Å². The van der Waals surface area contributed by atoms with Gasteiger partial charge in [-0.15, -0.1) is 0 Å². The lowest BCUT2D eigenvalue weighted by atomic mass is 9.94. The van der Waals surface area contributed by atoms with E-state index in [4.69, 9.17) is 10.9 Å². The van der Waals surface area contributed by atoms with E-state index in [0.717, 1.165) is 0 Å². The van der Waals surface area contributed by atoms with Crippen molar-refractivity contribution >= 4 is 23.5 Å². The predicted molar refractivity (Wildman–Crippen MR) is 81.9 cm³/mol. The molecule has 0 radical (unpaired) electrons. The van der Waals surface area contributed by atoms with Crippen molar-refractivity contribution in [2.75, 3.05) is 19.3 Å². The SMILES string of the molecule is CSC1(/C(N)=N/O)CCN(C(=O)c2cc[nH]c(=O)c2)CC1. The highest BCUT2D eigenvalue weighted by molar-refractivity contribution is 8.00. The Morgan fingerprint density at radius 2 is 2.19 bits per heavy atom. The number of oxime groups is 1. The minimum absolute atomic E-state index is 0.171. The molecule has 21 heavy (non-hydrogen) atoms. The lowest BCUT2D eigenvalue weighted by molar-refractivity contribution is 0.0717. The van der Waals surface area contributed by atoms with Crippen LogP contribution in [0.25, 0.3) is 0 Å². The molecule has 0 aliphatic carbocycles. The number of hydrogen-bond donors (Lipinski definition) is 3. The van der Waals surface area contributed by atoms with Gasteiger partial charge in [-0.25, -0.2) is 0 Å². The zero-order chi connectivity index (χ0) is 15.5. The van der Waals surface area contributed by atoms with Crippen LogP contribution in [-0.4, -0.2) is 50.9 Å². The first-order valence-electron chi connectivity index (χ1n) is 6.53. The molecule has 1 aliphatic rings. The number of aromatic amines is 1. The summed E-state index contributed by atoms with van der Waals surface area (Å²) >= 11 is 1.53. The summed E-state index contributed by atoms with van der Waals surface area (Å²) < 4.78 is -0.431. The third kappa shape index (κ3) is 3.05. The van der Waals surface area contributed by atoms with Gasteiger partial charge in [0.1, 0.15) is 0 Å². The van der Waals surface area contributed by atoms with Crippen molar-refractivity contribution in [1.82, 2.24) is 9.88 Å². The molecule has 0 atom stereocenters. The Kier molecular flexibility index (Phi) is 4.56. The molecule has 0 saturated carbocycles. The number of nitrogens with zero attached hydrogens (tertiary/aromatic N) is 2. The van der Waals surface area contributed by atoms with Crippen molar-refractivity contribution < 1.29 is 10.0 Å². The Bertz CT molecular complexity index is 605. The summed E-state index contributed by atoms with van der Waals surface area (Å²) in [5.41, 5.74) is 5.85. The normalized spacial score (nSPS) is 18.5. The van der Waals surface area contributed by atoms with Crippen molar-refractivity contribution in [3.63, 3.8) is 0 Å². The zero-order valence-corrected chi connectivity index (χ0v) is 12.5. The van der Waals surface area contributed by atoms with Crippen LogP contribution in [0.2, 0.25) is 0 Å². The maximum Gasteiger partial charge on any atom is 0.254 e. The second-order valence-electron chi connectivity index (χ2n) is 4.92. The van der Waals surface area contributed by atoms with E-state index in [2.05, 4.69) is 10.1 Å². The number of H-pyrrole nitrogens is 1. The van der Waals surface area contributed by atoms with Crippen molar-refractivity contribution in [3.05, 3.63) is 34.2 Å². The van der Waals surface area contributed by atoms with Gasteiger partial charge in [-0.3, -0.25) is 9.59 Å². The van der Waals surface area contributed by atoms with Crippen LogP contribution in [-0.2, 0) is 0 Å². The van der Waals surface area contributed by atoms with Crippen LogP contribution in [0, 0.1) is 0 Å². The molecule has 0 spiro atoms. The fraction of sp³-hybridized carbons (Fsp3) is 0.462. The van der Waals surface area contributed by atoms with Crippen molar-refractivity contribution in [1.29, 1.82) is 0 Å². The van der Waals surface area contributed by atoms with E-state index in [9.17, 15) is 9.59 Å². The molecule has 7 nitrogen and oxygen atoms in total. The van der Waals surface area contributed by atoms with E-state index < -0.39 is 4.75 Å². The number of amides is 1. The smallest absolute Gasteiger partial charge is 0.254 e. The Morgan fingerprint density at radius 1 is 1.52 bits per heavy atom. The second kappa shape index (κ2) is 6.21. The first-order chi connectivity index (χ1) is 10.0. The van der Waals surface area contributed by atoms with Crippen molar-refractivity contribution in [2.45, 2.75) is 17.6 Å². The maximum atomic E-state index is 12.3. The van der Waals surface area contributed by atoms with Crippen molar-refractivity contribution in [2.24, 2.45) is 10.9 Å². The molecule has 114 valence electrons. The van der Waals surface area contributed by atoms with E-state index in [1.165, 1.54) is 24.0 Å². The summed E-state index contributed by atoms with van der Waals surface area (Å²) in [6.45, 7) is 1.01. The average molecular weight is 310 g/mol. The van der Waals surface area contributed by atoms with E-state index in [0.29, 0.717) is 31.5 Å². The van der Waals surface area contributed by atoms with Gasteiger partial charge in [0.05, 0.1) is 4.75 Å². The van der Waals surface area contributed by atoms with Crippen molar-refractivity contribution in [3.8, 4) is 0 Å². The number of pyridine rings is 1. The minimum atomic E-state index is -0.431. The summed E-state index contributed by atoms with van der Waals surface area (Å²) in [7, 11) is 0. The molecule has 1 aromatic rings. The highest BCUT2D eigenvalue weighted by Crippen LogP contribution is 2.35. The van der Waals surface area contributed by atoms with Gasteiger partial charge in [0.25, 0.3) is 5.91 Å². The number of amidine groups is 1. The first kappa shape index (κ1) is 15.4. The number of piperidine rings is 1. The summed E-state index contributed by atoms with van der Waals surface area (Å²) in [5, 5.41) is 12.0. The molecular weight excluding hydrogens is 292 g/mol. The Hall–Kier alpha value is -1.96. The second-order valence-corrected chi connectivity index (χ2v) is 6.11. The van der Waals surface area contributed by atoms with Crippen LogP contribution in [0.4, 0.5) is 0 Å². The largest absolute Gasteiger partial charge is 0.409 e. The molecule has 1 saturated heterocycles. The molecular formula is C13H18N4O3S. The standard InChI is InChI=1S/C13H18N4O3S/c1-21-13(12(14)16-20)3-6-17(7-4-13)11(19)9-2-5-15-10(18)8-9/h2,5,8,20H,3-4,6-7H2,1H3,(H2,14,16)(H,15,18). The van der Waals surface area contributed by atoms with Gasteiger partial charge < -0.3 is 20.8 Å². The molecule has 1 aromatic heterocycles. The summed E-state index contributed by atoms with van der Waals surface area (Å²) in [4.78, 5) is 27.8. The monoisotopic (exact) mass is 310 g/mol. The maximum absolute atomic E-state index is 12.3. The number of carbonyl (C=O) groups is 1. The zero-order valence-electron chi connectivity index (χ0n) is 11.7. The van der Waals surface area contributed by atoms with Gasteiger partial charge in [0, 0.05) is 30.9 Å². The molecule has 2 heterocycles. The molecule has 4 N–H and O–H groups in total. The molecule has 8 heteroatoms. The number of hydrogen-bond acceptors (Lipinski definition) is 5. The highest BCUT2D eigenvalue weighted by Gasteiger charge is 2.39. The van der Waals surface area contributed by atoms with E-state index in [-0.39, 0.29) is 17.3 Å². The third-order valence-corrected chi connectivity index (χ3v) is 5.24. The average Bonchev–Trinajstić information content (AvgIpc) is 2.53. The number of likely N-dealkylation sites (tertiary alicyclic amines) is 1. The van der Waals surface area contributed by atoms with Crippen LogP contribution < -0.4 is 11.3 Å². The van der Waals surface area contributed by atoms with Gasteiger partial charge in [0.2, 0.25) is 5.56 Å². The quantitative estimate of drug-likeness (QED) is 0.325. The van der Waals surface area contributed by atoms with Crippen LogP contribution in [0.15, 0.2) is 28.3 Å². The summed E-state index contributed by atoms with van der Waals surface area (Å²) in [5.74, 6) is 0.0218. The molecule has 1 amide bonds. The molecule has 2 rings (SSSR count). The van der Waals surface area contributed by atoms with Gasteiger partial charge in [-0.1, -0.05) is 5.16 Å². The summed E-state index contributed by atoms with van der Waals surface area (Å²) in [6.07, 6.45) is 4.59. The third-order valence-electron chi connectivity index (χ3n) is 3.85. The first-order valence-corrected chi connectivity index (χ1v) is 7.76. The number of aromatic nitrogens is 1. The molecule has 1 fully saturated rings. The van der Waals surface area contributed by atoms with Crippen LogP contribution in [0.5, 0.6) is 0 Å². The number of rotatable bonds is 3. The fourth-order valence-electron chi connectivity index (χ4n) is 2.49. The number of thioether (sulfide) groups is 1. The van der Waals surface area contributed by atoms with Crippen LogP contribution >= 0.6 is 11.8 Å². The minimum Gasteiger partial charge on any atom is -0.409 e. The van der Waals surface area contributed by atoms with Gasteiger partial charge in [0.15, 0.2) is 5.84 Å². The lowest BCUT2D eigenvalue weighted by Gasteiger charge is -2.39. The number of nitrogens with two attached hydrogens (primary N) is 1. The fourth-order valence-corrected chi connectivity index (χ4v) is 3.33. The number of nitrogens with one attached hydrogen (secondary N) is 1. The molecule has 0 aromatic carbocycles. The molecule has 0 unspecified atom stereocenters. The molecule has 1 aliphatic heterocycles. The highest BCUT2D eigenvalue weighted by atomic mass is 32.2. The Labute approximate surface area is 126 Å². The lowest BCUT2D eigenvalue weighted by Crippen LogP contribution is -2.51. The Balaban J connectivity index is 2.10. The summed E-state index contributed by atoms with van der Waals surface area (Å²) in [6, 6.07) is 2.88. The van der Waals surface area contributed by atoms with Gasteiger partial charge in [-0.2, -0.15) is 11.8 Å². The number of carbonyl (C=O) groups excluding carboxylic acids is 1. The molecule has 0 bridgehead atoms. The predicted octanol–water partition coefficient (Wildman–Crippen LogP) is 0.459. The van der Waals surface area contributed by atoms with E-state index in [1.54, 1.807) is 11.0 Å². The van der Waals surface area contributed by atoms with E-state index >= 15 is 0 Å². The van der Waals surface area contributed by atoms with E-state index in [1.807, 2.05) is 6.26 Å². The van der Waals surface area contributed by atoms with Gasteiger partial charge in [-0.05, 0) is 25.2 Å². The van der Waals surface area contributed by atoms with Crippen LogP contribution in [0.3, 0.4) is 0 Å². The van der Waals surface area contributed by atoms with Crippen LogP contribution in [0.1, 0.15) is 23.2 Å².